The Bertz CT molecular complexity index is 487. The van der Waals surface area contributed by atoms with Gasteiger partial charge in [-0.05, 0) is 18.1 Å². The van der Waals surface area contributed by atoms with Gasteiger partial charge in [-0.2, -0.15) is 0 Å². The minimum absolute atomic E-state index is 0.220. The predicted octanol–water partition coefficient (Wildman–Crippen LogP) is 2.17. The van der Waals surface area contributed by atoms with E-state index < -0.39 is 11.6 Å². The summed E-state index contributed by atoms with van der Waals surface area (Å²) in [5.74, 6) is 4.28. The van der Waals surface area contributed by atoms with Crippen molar-refractivity contribution in [3.8, 4) is 0 Å². The fourth-order valence-electron chi connectivity index (χ4n) is 1.55. The van der Waals surface area contributed by atoms with E-state index in [0.29, 0.717) is 12.0 Å². The number of nitrogens with two attached hydrogens (primary N) is 1. The summed E-state index contributed by atoms with van der Waals surface area (Å²) in [5, 5.41) is 0. The molecule has 0 aliphatic rings. The maximum Gasteiger partial charge on any atom is 0.129 e. The fourth-order valence-corrected chi connectivity index (χ4v) is 2.23. The van der Waals surface area contributed by atoms with E-state index in [4.69, 9.17) is 5.84 Å². The van der Waals surface area contributed by atoms with Crippen LogP contribution < -0.4 is 11.3 Å². The van der Waals surface area contributed by atoms with Crippen molar-refractivity contribution in [2.24, 2.45) is 5.84 Å². The molecular weight excluding hydrogens is 244 g/mol. The predicted molar refractivity (Wildman–Crippen MR) is 62.2 cm³/mol. The quantitative estimate of drug-likeness (QED) is 0.650. The van der Waals surface area contributed by atoms with Gasteiger partial charge in [0.1, 0.15) is 11.6 Å². The number of thiazole rings is 1. The number of hydrogen-bond donors (Lipinski definition) is 2. The van der Waals surface area contributed by atoms with Crippen molar-refractivity contribution in [1.82, 2.24) is 10.4 Å². The highest BCUT2D eigenvalue weighted by Crippen LogP contribution is 2.22. The molecule has 6 heteroatoms. The second kappa shape index (κ2) is 5.31. The zero-order chi connectivity index (χ0) is 12.3. The molecule has 0 aliphatic carbocycles. The van der Waals surface area contributed by atoms with E-state index in [1.54, 1.807) is 11.7 Å². The first-order chi connectivity index (χ1) is 8.20. The molecule has 1 aromatic heterocycles. The van der Waals surface area contributed by atoms with Gasteiger partial charge in [-0.1, -0.05) is 6.07 Å². The first-order valence-electron chi connectivity index (χ1n) is 4.99. The van der Waals surface area contributed by atoms with Crippen LogP contribution in [0.1, 0.15) is 16.5 Å². The van der Waals surface area contributed by atoms with E-state index in [1.807, 2.05) is 0 Å². The second-order valence-corrected chi connectivity index (χ2v) is 4.48. The van der Waals surface area contributed by atoms with Crippen LogP contribution in [0.15, 0.2) is 29.9 Å². The Hall–Kier alpha value is -1.37. The molecule has 17 heavy (non-hydrogen) atoms. The van der Waals surface area contributed by atoms with Crippen LogP contribution in [0.4, 0.5) is 8.78 Å². The Kier molecular flexibility index (Phi) is 3.78. The lowest BCUT2D eigenvalue weighted by Crippen LogP contribution is -2.29. The lowest BCUT2D eigenvalue weighted by Gasteiger charge is -2.14. The Morgan fingerprint density at radius 3 is 2.82 bits per heavy atom. The van der Waals surface area contributed by atoms with Gasteiger partial charge >= 0.3 is 0 Å². The van der Waals surface area contributed by atoms with Crippen LogP contribution in [-0.4, -0.2) is 4.98 Å². The van der Waals surface area contributed by atoms with Crippen LogP contribution >= 0.6 is 11.3 Å². The van der Waals surface area contributed by atoms with Gasteiger partial charge in [-0.15, -0.1) is 11.3 Å². The summed E-state index contributed by atoms with van der Waals surface area (Å²) in [6.45, 7) is 0. The summed E-state index contributed by atoms with van der Waals surface area (Å²) in [4.78, 5) is 4.85. The number of halogens is 2. The molecule has 0 saturated heterocycles. The highest BCUT2D eigenvalue weighted by atomic mass is 32.1. The molecule has 0 aliphatic heterocycles. The van der Waals surface area contributed by atoms with Crippen molar-refractivity contribution < 1.29 is 8.78 Å². The zero-order valence-electron chi connectivity index (χ0n) is 8.86. The maximum absolute atomic E-state index is 13.5. The van der Waals surface area contributed by atoms with Gasteiger partial charge in [0.05, 0.1) is 11.6 Å². The average Bonchev–Trinajstić information content (AvgIpc) is 2.81. The molecule has 0 radical (unpaired) electrons. The Morgan fingerprint density at radius 2 is 2.24 bits per heavy atom. The van der Waals surface area contributed by atoms with Gasteiger partial charge in [0.2, 0.25) is 0 Å². The van der Waals surface area contributed by atoms with Crippen LogP contribution in [0.25, 0.3) is 0 Å². The van der Waals surface area contributed by atoms with Gasteiger partial charge in [0.15, 0.2) is 0 Å². The highest BCUT2D eigenvalue weighted by molar-refractivity contribution is 7.09. The van der Waals surface area contributed by atoms with E-state index in [2.05, 4.69) is 10.4 Å². The van der Waals surface area contributed by atoms with Crippen molar-refractivity contribution in [3.63, 3.8) is 0 Å². The normalized spacial score (nSPS) is 12.6. The molecule has 1 unspecified atom stereocenters. The van der Waals surface area contributed by atoms with Gasteiger partial charge in [-0.25, -0.2) is 8.78 Å². The minimum Gasteiger partial charge on any atom is -0.271 e. The third-order valence-electron chi connectivity index (χ3n) is 2.44. The van der Waals surface area contributed by atoms with Crippen LogP contribution in [-0.2, 0) is 6.42 Å². The number of hydrazine groups is 1. The first-order valence-corrected chi connectivity index (χ1v) is 5.87. The molecule has 2 aromatic rings. The van der Waals surface area contributed by atoms with E-state index >= 15 is 0 Å². The zero-order valence-corrected chi connectivity index (χ0v) is 9.68. The monoisotopic (exact) mass is 255 g/mol. The Labute approximate surface area is 101 Å². The third-order valence-corrected chi connectivity index (χ3v) is 3.32. The number of rotatable bonds is 4. The molecular formula is C11H11F2N3S. The van der Waals surface area contributed by atoms with Crippen LogP contribution in [0.2, 0.25) is 0 Å². The molecule has 90 valence electrons. The molecule has 2 rings (SSSR count). The van der Waals surface area contributed by atoms with Crippen LogP contribution in [0, 0.1) is 11.6 Å². The average molecular weight is 255 g/mol. The summed E-state index contributed by atoms with van der Waals surface area (Å²) in [6, 6.07) is 3.31. The lowest BCUT2D eigenvalue weighted by molar-refractivity contribution is 0.526. The third kappa shape index (κ3) is 2.85. The van der Waals surface area contributed by atoms with Crippen molar-refractivity contribution in [3.05, 3.63) is 52.0 Å². The molecule has 0 fully saturated rings. The molecule has 1 aromatic carbocycles. The van der Waals surface area contributed by atoms with Crippen molar-refractivity contribution in [2.45, 2.75) is 12.5 Å². The number of benzene rings is 1. The molecule has 0 amide bonds. The van der Waals surface area contributed by atoms with Crippen molar-refractivity contribution in [2.75, 3.05) is 0 Å². The van der Waals surface area contributed by atoms with E-state index in [1.165, 1.54) is 23.5 Å². The number of nitrogens with zero attached hydrogens (tertiary/aromatic N) is 1. The Morgan fingerprint density at radius 1 is 1.41 bits per heavy atom. The molecule has 3 N–H and O–H groups in total. The van der Waals surface area contributed by atoms with Crippen molar-refractivity contribution >= 4 is 11.3 Å². The van der Waals surface area contributed by atoms with Gasteiger partial charge in [-0.3, -0.25) is 16.3 Å². The minimum atomic E-state index is -0.582. The molecule has 1 atom stereocenters. The molecule has 0 bridgehead atoms. The van der Waals surface area contributed by atoms with Gasteiger partial charge in [0.25, 0.3) is 0 Å². The topological polar surface area (TPSA) is 50.9 Å². The first kappa shape index (κ1) is 12.1. The Balaban J connectivity index is 2.19. The van der Waals surface area contributed by atoms with Crippen molar-refractivity contribution in [1.29, 1.82) is 0 Å². The van der Waals surface area contributed by atoms with Gasteiger partial charge < -0.3 is 0 Å². The molecule has 1 heterocycles. The summed E-state index contributed by atoms with van der Waals surface area (Å²) < 4.78 is 26.2. The lowest BCUT2D eigenvalue weighted by atomic mass is 10.0. The van der Waals surface area contributed by atoms with Crippen LogP contribution in [0.3, 0.4) is 0 Å². The summed E-state index contributed by atoms with van der Waals surface area (Å²) in [7, 11) is 0. The number of aromatic nitrogens is 1. The smallest absolute Gasteiger partial charge is 0.129 e. The largest absolute Gasteiger partial charge is 0.271 e. The van der Waals surface area contributed by atoms with Gasteiger partial charge in [0, 0.05) is 17.1 Å². The molecule has 0 spiro atoms. The summed E-state index contributed by atoms with van der Waals surface area (Å²) >= 11 is 1.43. The van der Waals surface area contributed by atoms with E-state index in [0.717, 1.165) is 10.9 Å². The highest BCUT2D eigenvalue weighted by Gasteiger charge is 2.14. The standard InChI is InChI=1S/C11H11F2N3S/c12-8-2-1-7(9(13)4-8)3-10(16-14)11-5-15-6-17-11/h1-2,4-6,10,16H,3,14H2. The molecule has 3 nitrogen and oxygen atoms in total. The number of nitrogens with one attached hydrogen (secondary N) is 1. The number of hydrogen-bond acceptors (Lipinski definition) is 4. The SMILES string of the molecule is NNC(Cc1ccc(F)cc1F)c1cncs1. The van der Waals surface area contributed by atoms with Crippen LogP contribution in [0.5, 0.6) is 0 Å². The fraction of sp³-hybridized carbons (Fsp3) is 0.182. The summed E-state index contributed by atoms with van der Waals surface area (Å²) in [6.07, 6.45) is 2.03. The summed E-state index contributed by atoms with van der Waals surface area (Å²) in [5.41, 5.74) is 4.71. The van der Waals surface area contributed by atoms with E-state index in [9.17, 15) is 8.78 Å². The second-order valence-electron chi connectivity index (χ2n) is 3.56. The maximum atomic E-state index is 13.5. The van der Waals surface area contributed by atoms with E-state index in [-0.39, 0.29) is 6.04 Å². The molecule has 0 saturated carbocycles.